The number of nitrogens with one attached hydrogen (secondary N) is 1. The normalized spacial score (nSPS) is 22.8. The Morgan fingerprint density at radius 1 is 1.13 bits per heavy atom. The van der Waals surface area contributed by atoms with Gasteiger partial charge in [-0.05, 0) is 80.0 Å². The number of carbonyl (C=O) groups excluding carboxylic acids is 1. The number of anilines is 1. The van der Waals surface area contributed by atoms with Crippen LogP contribution in [-0.2, 0) is 33.5 Å². The van der Waals surface area contributed by atoms with Crippen molar-refractivity contribution in [2.75, 3.05) is 18.5 Å². The van der Waals surface area contributed by atoms with Gasteiger partial charge in [0.1, 0.15) is 5.82 Å². The summed E-state index contributed by atoms with van der Waals surface area (Å²) in [6.45, 7) is 6.52. The molecule has 4 atom stereocenters. The predicted molar refractivity (Wildman–Crippen MR) is 153 cm³/mol. The molecular formula is C32H47N3O3. The van der Waals surface area contributed by atoms with Gasteiger partial charge in [-0.1, -0.05) is 69.7 Å². The summed E-state index contributed by atoms with van der Waals surface area (Å²) in [6, 6.07) is 10.4. The molecule has 0 amide bonds. The Bertz CT molecular complexity index is 1030. The SMILES string of the molecule is CC1OCCc2cccc(C(N)OC=O)c21.CC[C@H]1CCC(CCCCCc2ccc3c(n2)NCCC3)C1. The van der Waals surface area contributed by atoms with Crippen LogP contribution >= 0.6 is 0 Å². The number of unbranched alkanes of at least 4 members (excludes halogenated alkanes) is 2. The molecule has 2 aromatic rings. The lowest BCUT2D eigenvalue weighted by atomic mass is 9.92. The molecule has 1 aromatic carbocycles. The summed E-state index contributed by atoms with van der Waals surface area (Å²) in [7, 11) is 0. The van der Waals surface area contributed by atoms with Crippen LogP contribution in [0.5, 0.6) is 0 Å². The lowest BCUT2D eigenvalue weighted by Crippen LogP contribution is -2.21. The van der Waals surface area contributed by atoms with Gasteiger partial charge in [-0.2, -0.15) is 0 Å². The molecule has 0 saturated heterocycles. The van der Waals surface area contributed by atoms with Crippen molar-refractivity contribution in [3.63, 3.8) is 0 Å². The molecule has 3 aliphatic rings. The Morgan fingerprint density at radius 2 is 2.00 bits per heavy atom. The molecule has 1 fully saturated rings. The van der Waals surface area contributed by atoms with Crippen LogP contribution in [0.4, 0.5) is 5.82 Å². The van der Waals surface area contributed by atoms with E-state index in [0.717, 1.165) is 54.8 Å². The van der Waals surface area contributed by atoms with Crippen molar-refractivity contribution < 1.29 is 14.3 Å². The molecule has 3 heterocycles. The molecule has 208 valence electrons. The van der Waals surface area contributed by atoms with Crippen molar-refractivity contribution >= 4 is 12.3 Å². The molecule has 6 nitrogen and oxygen atoms in total. The van der Waals surface area contributed by atoms with Gasteiger partial charge in [0.15, 0.2) is 6.23 Å². The minimum Gasteiger partial charge on any atom is -0.445 e. The number of benzene rings is 1. The van der Waals surface area contributed by atoms with Gasteiger partial charge in [-0.25, -0.2) is 4.98 Å². The van der Waals surface area contributed by atoms with Gasteiger partial charge in [0, 0.05) is 17.8 Å². The predicted octanol–water partition coefficient (Wildman–Crippen LogP) is 6.82. The van der Waals surface area contributed by atoms with E-state index in [0.29, 0.717) is 6.47 Å². The summed E-state index contributed by atoms with van der Waals surface area (Å²) in [6.07, 6.45) is 15.2. The van der Waals surface area contributed by atoms with E-state index >= 15 is 0 Å². The molecule has 0 spiro atoms. The summed E-state index contributed by atoms with van der Waals surface area (Å²) < 4.78 is 10.4. The van der Waals surface area contributed by atoms with Crippen LogP contribution < -0.4 is 11.1 Å². The summed E-state index contributed by atoms with van der Waals surface area (Å²) in [4.78, 5) is 15.1. The molecule has 0 bridgehead atoms. The van der Waals surface area contributed by atoms with Gasteiger partial charge in [0.2, 0.25) is 0 Å². The minimum absolute atomic E-state index is 0.00116. The molecule has 2 aliphatic heterocycles. The molecule has 1 saturated carbocycles. The smallest absolute Gasteiger partial charge is 0.294 e. The Hall–Kier alpha value is -2.44. The van der Waals surface area contributed by atoms with Gasteiger partial charge >= 0.3 is 0 Å². The lowest BCUT2D eigenvalue weighted by molar-refractivity contribution is -0.133. The fraction of sp³-hybridized carbons (Fsp3) is 0.625. The van der Waals surface area contributed by atoms with E-state index in [2.05, 4.69) is 30.4 Å². The summed E-state index contributed by atoms with van der Waals surface area (Å²) in [5.74, 6) is 3.23. The van der Waals surface area contributed by atoms with Crippen molar-refractivity contribution in [2.45, 2.75) is 103 Å². The summed E-state index contributed by atoms with van der Waals surface area (Å²) in [5.41, 5.74) is 11.6. The average molecular weight is 522 g/mol. The quantitative estimate of drug-likeness (QED) is 0.203. The first-order valence-corrected chi connectivity index (χ1v) is 14.9. The van der Waals surface area contributed by atoms with E-state index in [-0.39, 0.29) is 6.10 Å². The van der Waals surface area contributed by atoms with Crippen molar-refractivity contribution in [2.24, 2.45) is 17.6 Å². The van der Waals surface area contributed by atoms with E-state index in [1.54, 1.807) is 0 Å². The Kier molecular flexibility index (Phi) is 11.0. The first kappa shape index (κ1) is 28.6. The van der Waals surface area contributed by atoms with E-state index in [1.807, 2.05) is 19.1 Å². The minimum atomic E-state index is -0.711. The van der Waals surface area contributed by atoms with E-state index in [1.165, 1.54) is 81.0 Å². The number of fused-ring (bicyclic) bond motifs is 2. The molecule has 1 aromatic heterocycles. The number of carbonyl (C=O) groups is 1. The van der Waals surface area contributed by atoms with Crippen LogP contribution in [0.15, 0.2) is 30.3 Å². The van der Waals surface area contributed by atoms with Crippen LogP contribution in [0.3, 0.4) is 0 Å². The van der Waals surface area contributed by atoms with Gasteiger partial charge in [0.25, 0.3) is 6.47 Å². The van der Waals surface area contributed by atoms with Crippen LogP contribution in [-0.4, -0.2) is 24.6 Å². The summed E-state index contributed by atoms with van der Waals surface area (Å²) in [5, 5.41) is 3.44. The fourth-order valence-electron chi connectivity index (χ4n) is 6.39. The average Bonchev–Trinajstić information content (AvgIpc) is 3.41. The number of rotatable bonds is 10. The second kappa shape index (κ2) is 14.6. The zero-order valence-corrected chi connectivity index (χ0v) is 23.4. The maximum Gasteiger partial charge on any atom is 0.294 e. The summed E-state index contributed by atoms with van der Waals surface area (Å²) >= 11 is 0. The number of pyridine rings is 1. The molecular weight excluding hydrogens is 474 g/mol. The Balaban J connectivity index is 0.000000186. The van der Waals surface area contributed by atoms with Gasteiger partial charge in [-0.3, -0.25) is 10.5 Å². The molecule has 3 unspecified atom stereocenters. The monoisotopic (exact) mass is 521 g/mol. The first-order chi connectivity index (χ1) is 18.6. The number of nitrogens with zero attached hydrogens (tertiary/aromatic N) is 1. The van der Waals surface area contributed by atoms with Crippen molar-refractivity contribution in [3.05, 3.63) is 58.3 Å². The molecule has 5 rings (SSSR count). The van der Waals surface area contributed by atoms with E-state index in [4.69, 9.17) is 20.2 Å². The second-order valence-electron chi connectivity index (χ2n) is 11.2. The number of nitrogens with two attached hydrogens (primary N) is 1. The van der Waals surface area contributed by atoms with Crippen LogP contribution in [0.2, 0.25) is 0 Å². The largest absolute Gasteiger partial charge is 0.445 e. The van der Waals surface area contributed by atoms with Crippen LogP contribution in [0.25, 0.3) is 0 Å². The lowest BCUT2D eigenvalue weighted by Gasteiger charge is -2.27. The van der Waals surface area contributed by atoms with Gasteiger partial charge < -0.3 is 14.8 Å². The standard InChI is InChI=1S/C20H32N2.C12H15NO3/c1-2-16-10-11-17(15-16)7-4-3-5-9-19-13-12-18-8-6-14-21-20(18)22-19;1-8-11-9(5-6-15-8)3-2-4-10(11)12(13)16-7-14/h12-13,16-17H,2-11,14-15H2,1H3,(H,21,22);2-4,7-8,12H,5-6,13H2,1H3/t16-,17?;/m0./s1. The third-order valence-electron chi connectivity index (χ3n) is 8.61. The number of ether oxygens (including phenoxy) is 2. The van der Waals surface area contributed by atoms with E-state index in [9.17, 15) is 4.79 Å². The topological polar surface area (TPSA) is 86.5 Å². The maximum atomic E-state index is 10.3. The van der Waals surface area contributed by atoms with Gasteiger partial charge in [-0.15, -0.1) is 0 Å². The molecule has 1 aliphatic carbocycles. The number of hydrogen-bond acceptors (Lipinski definition) is 6. The zero-order valence-electron chi connectivity index (χ0n) is 23.4. The van der Waals surface area contributed by atoms with Crippen LogP contribution in [0.1, 0.15) is 112 Å². The molecule has 6 heteroatoms. The highest BCUT2D eigenvalue weighted by Gasteiger charge is 2.24. The Labute approximate surface area is 229 Å². The van der Waals surface area contributed by atoms with E-state index < -0.39 is 6.23 Å². The van der Waals surface area contributed by atoms with Crippen LogP contribution in [0, 0.1) is 11.8 Å². The second-order valence-corrected chi connectivity index (χ2v) is 11.2. The third kappa shape index (κ3) is 7.79. The van der Waals surface area contributed by atoms with Gasteiger partial charge in [0.05, 0.1) is 12.7 Å². The molecule has 3 N–H and O–H groups in total. The number of aryl methyl sites for hydroxylation is 2. The highest BCUT2D eigenvalue weighted by atomic mass is 16.5. The maximum absolute atomic E-state index is 10.3. The third-order valence-corrected chi connectivity index (χ3v) is 8.61. The first-order valence-electron chi connectivity index (χ1n) is 14.9. The molecule has 38 heavy (non-hydrogen) atoms. The number of hydrogen-bond donors (Lipinski definition) is 2. The van der Waals surface area contributed by atoms with Crippen molar-refractivity contribution in [3.8, 4) is 0 Å². The Morgan fingerprint density at radius 3 is 2.82 bits per heavy atom. The highest BCUT2D eigenvalue weighted by Crippen LogP contribution is 2.36. The fourth-order valence-corrected chi connectivity index (χ4v) is 6.39. The van der Waals surface area contributed by atoms with Crippen molar-refractivity contribution in [1.29, 1.82) is 0 Å². The van der Waals surface area contributed by atoms with Crippen molar-refractivity contribution in [1.82, 2.24) is 4.98 Å². The molecule has 0 radical (unpaired) electrons. The highest BCUT2D eigenvalue weighted by molar-refractivity contribution is 5.47. The number of aromatic nitrogens is 1. The zero-order chi connectivity index (χ0) is 26.7.